The van der Waals surface area contributed by atoms with E-state index in [1.807, 2.05) is 27.7 Å². The molecule has 6 N–H and O–H groups in total. The summed E-state index contributed by atoms with van der Waals surface area (Å²) in [5.41, 5.74) is 10.3. The number of primary amides is 2. The lowest BCUT2D eigenvalue weighted by Gasteiger charge is -2.27. The molecule has 15 heavy (non-hydrogen) atoms. The Balaban J connectivity index is 0. The van der Waals surface area contributed by atoms with E-state index in [2.05, 4.69) is 11.5 Å². The summed E-state index contributed by atoms with van der Waals surface area (Å²) in [6, 6.07) is -0.833. The van der Waals surface area contributed by atoms with Gasteiger partial charge in [-0.15, -0.1) is 0 Å². The molecule has 0 aliphatic carbocycles. The van der Waals surface area contributed by atoms with Gasteiger partial charge in [0.05, 0.1) is 13.2 Å². The van der Waals surface area contributed by atoms with Gasteiger partial charge >= 0.3 is 6.03 Å². The fourth-order valence-electron chi connectivity index (χ4n) is 0.891. The van der Waals surface area contributed by atoms with Crippen molar-refractivity contribution in [1.82, 2.24) is 0 Å². The van der Waals surface area contributed by atoms with Crippen molar-refractivity contribution in [2.75, 3.05) is 13.2 Å². The quantitative estimate of drug-likeness (QED) is 0.513. The lowest BCUT2D eigenvalue weighted by Crippen LogP contribution is -2.27. The normalized spacial score (nSPS) is 10.0. The average molecular weight is 218 g/mol. The third-order valence-corrected chi connectivity index (χ3v) is 2.35. The lowest BCUT2D eigenvalue weighted by molar-refractivity contribution is 0.0982. The van der Waals surface area contributed by atoms with Gasteiger partial charge < -0.3 is 21.7 Å². The molecule has 0 aliphatic rings. The van der Waals surface area contributed by atoms with Crippen molar-refractivity contribution in [2.24, 2.45) is 16.9 Å². The van der Waals surface area contributed by atoms with Crippen molar-refractivity contribution < 1.29 is 15.0 Å². The summed E-state index contributed by atoms with van der Waals surface area (Å²) < 4.78 is 0. The first-order valence-corrected chi connectivity index (χ1v) is 4.62. The van der Waals surface area contributed by atoms with Crippen LogP contribution in [0.1, 0.15) is 27.7 Å². The molecule has 5 nitrogen and oxygen atoms in total. The van der Waals surface area contributed by atoms with E-state index in [0.29, 0.717) is 0 Å². The Kier molecular flexibility index (Phi) is 7.91. The highest BCUT2D eigenvalue weighted by Crippen LogP contribution is 2.27. The highest BCUT2D eigenvalue weighted by Gasteiger charge is 2.24. The van der Waals surface area contributed by atoms with Gasteiger partial charge in [0.1, 0.15) is 0 Å². The second-order valence-electron chi connectivity index (χ2n) is 3.90. The topological polar surface area (TPSA) is 110 Å². The summed E-state index contributed by atoms with van der Waals surface area (Å²) in [6.45, 7) is 7.77. The molecular formula is C10H22N2O3. The second kappa shape index (κ2) is 7.25. The number of carbonyl (C=O) groups excluding carboxylic acids is 1. The lowest BCUT2D eigenvalue weighted by atomic mass is 9.82. The molecule has 0 saturated heterocycles. The number of carbonyl (C=O) groups is 1. The number of nitrogens with two attached hydrogens (primary N) is 2. The van der Waals surface area contributed by atoms with Gasteiger partial charge in [-0.05, 0) is 20.8 Å². The number of aliphatic hydroxyl groups excluding tert-OH is 2. The Bertz CT molecular complexity index is 225. The molecule has 0 aliphatic heterocycles. The van der Waals surface area contributed by atoms with E-state index in [0.717, 1.165) is 11.1 Å². The van der Waals surface area contributed by atoms with E-state index in [4.69, 9.17) is 15.0 Å². The van der Waals surface area contributed by atoms with Crippen LogP contribution in [0.4, 0.5) is 4.79 Å². The molecule has 0 aromatic rings. The Labute approximate surface area is 90.8 Å². The minimum absolute atomic E-state index is 0.000509. The van der Waals surface area contributed by atoms with Gasteiger partial charge in [0.15, 0.2) is 0 Å². The van der Waals surface area contributed by atoms with E-state index in [1.54, 1.807) is 0 Å². The third kappa shape index (κ3) is 6.93. The van der Waals surface area contributed by atoms with Crippen molar-refractivity contribution in [3.05, 3.63) is 11.1 Å². The van der Waals surface area contributed by atoms with E-state index in [-0.39, 0.29) is 13.2 Å². The molecule has 0 atom stereocenters. The molecule has 2 amide bonds. The predicted octanol–water partition coefficient (Wildman–Crippen LogP) is 0.357. The molecule has 0 saturated carbocycles. The summed E-state index contributed by atoms with van der Waals surface area (Å²) in [5, 5.41) is 18.0. The van der Waals surface area contributed by atoms with Gasteiger partial charge in [0.2, 0.25) is 0 Å². The van der Waals surface area contributed by atoms with Crippen LogP contribution in [0.2, 0.25) is 0 Å². The fraction of sp³-hybridized carbons (Fsp3) is 0.700. The SMILES string of the molecule is CC(C)=C(C)C(C)(CO)CO.NC(N)=O. The summed E-state index contributed by atoms with van der Waals surface area (Å²) in [5.74, 6) is 0. The van der Waals surface area contributed by atoms with Crippen LogP contribution in [-0.2, 0) is 0 Å². The van der Waals surface area contributed by atoms with Crippen LogP contribution in [0.25, 0.3) is 0 Å². The molecule has 0 spiro atoms. The van der Waals surface area contributed by atoms with Crippen LogP contribution in [0, 0.1) is 5.41 Å². The molecule has 0 bridgehead atoms. The summed E-state index contributed by atoms with van der Waals surface area (Å²) in [7, 11) is 0. The molecule has 0 aromatic carbocycles. The van der Waals surface area contributed by atoms with Crippen molar-refractivity contribution in [2.45, 2.75) is 27.7 Å². The van der Waals surface area contributed by atoms with Crippen LogP contribution in [0.5, 0.6) is 0 Å². The molecule has 0 rings (SSSR count). The van der Waals surface area contributed by atoms with Crippen molar-refractivity contribution in [3.63, 3.8) is 0 Å². The number of aliphatic hydroxyl groups is 2. The highest BCUT2D eigenvalue weighted by atomic mass is 16.3. The Morgan fingerprint density at radius 3 is 1.47 bits per heavy atom. The van der Waals surface area contributed by atoms with Gasteiger partial charge in [0.25, 0.3) is 0 Å². The Morgan fingerprint density at radius 2 is 1.40 bits per heavy atom. The number of hydrogen-bond donors (Lipinski definition) is 4. The van der Waals surface area contributed by atoms with E-state index in [1.165, 1.54) is 0 Å². The summed E-state index contributed by atoms with van der Waals surface area (Å²) in [4.78, 5) is 9.00. The van der Waals surface area contributed by atoms with Gasteiger partial charge in [0, 0.05) is 5.41 Å². The zero-order valence-corrected chi connectivity index (χ0v) is 9.87. The Hall–Kier alpha value is -1.07. The van der Waals surface area contributed by atoms with E-state index >= 15 is 0 Å². The first kappa shape index (κ1) is 16.4. The van der Waals surface area contributed by atoms with Gasteiger partial charge in [-0.3, -0.25) is 0 Å². The minimum atomic E-state index is -0.833. The largest absolute Gasteiger partial charge is 0.395 e. The van der Waals surface area contributed by atoms with Crippen LogP contribution in [-0.4, -0.2) is 29.5 Å². The van der Waals surface area contributed by atoms with Gasteiger partial charge in [-0.2, -0.15) is 0 Å². The second-order valence-corrected chi connectivity index (χ2v) is 3.90. The van der Waals surface area contributed by atoms with Crippen LogP contribution < -0.4 is 11.5 Å². The van der Waals surface area contributed by atoms with Gasteiger partial charge in [-0.25, -0.2) is 4.79 Å². The average Bonchev–Trinajstić information content (AvgIpc) is 2.14. The smallest absolute Gasteiger partial charge is 0.309 e. The maximum atomic E-state index is 9.01. The van der Waals surface area contributed by atoms with Crippen molar-refractivity contribution in [3.8, 4) is 0 Å². The summed E-state index contributed by atoms with van der Waals surface area (Å²) >= 11 is 0. The highest BCUT2D eigenvalue weighted by molar-refractivity contribution is 5.69. The van der Waals surface area contributed by atoms with Crippen LogP contribution >= 0.6 is 0 Å². The molecule has 0 fully saturated rings. The van der Waals surface area contributed by atoms with E-state index in [9.17, 15) is 0 Å². The first-order valence-electron chi connectivity index (χ1n) is 4.62. The van der Waals surface area contributed by atoms with E-state index < -0.39 is 11.4 Å². The predicted molar refractivity (Wildman–Crippen MR) is 60.1 cm³/mol. The summed E-state index contributed by atoms with van der Waals surface area (Å²) in [6.07, 6.45) is 0. The molecule has 0 aromatic heterocycles. The minimum Gasteiger partial charge on any atom is -0.395 e. The number of rotatable bonds is 3. The zero-order chi connectivity index (χ0) is 12.6. The molecule has 5 heteroatoms. The molecule has 0 heterocycles. The molecule has 90 valence electrons. The maximum absolute atomic E-state index is 9.01. The Morgan fingerprint density at radius 1 is 1.13 bits per heavy atom. The first-order chi connectivity index (χ1) is 6.71. The number of allylic oxidation sites excluding steroid dienone is 1. The number of amides is 2. The fourth-order valence-corrected chi connectivity index (χ4v) is 0.891. The standard InChI is InChI=1S/C9H18O2.CH4N2O/c1-7(2)8(3)9(4,5-10)6-11;2-1(3)4/h10-11H,5-6H2,1-4H3;(H4,2,3,4). The number of hydrogen-bond acceptors (Lipinski definition) is 3. The van der Waals surface area contributed by atoms with Crippen molar-refractivity contribution >= 4 is 6.03 Å². The monoisotopic (exact) mass is 218 g/mol. The maximum Gasteiger partial charge on any atom is 0.309 e. The molecule has 0 unspecified atom stereocenters. The molecular weight excluding hydrogens is 196 g/mol. The zero-order valence-electron chi connectivity index (χ0n) is 9.87. The molecule has 0 radical (unpaired) electrons. The van der Waals surface area contributed by atoms with Crippen LogP contribution in [0.15, 0.2) is 11.1 Å². The number of urea groups is 1. The van der Waals surface area contributed by atoms with Gasteiger partial charge in [-0.1, -0.05) is 18.1 Å². The van der Waals surface area contributed by atoms with Crippen molar-refractivity contribution in [1.29, 1.82) is 0 Å². The third-order valence-electron chi connectivity index (χ3n) is 2.35. The van der Waals surface area contributed by atoms with Crippen LogP contribution in [0.3, 0.4) is 0 Å².